The number of piperidine rings is 1. The highest BCUT2D eigenvalue weighted by atomic mass is 16.2. The molecule has 2 aliphatic rings. The molecular formula is C25H32N6O. The first kappa shape index (κ1) is 20.8. The van der Waals surface area contributed by atoms with Crippen LogP contribution in [-0.4, -0.2) is 51.1 Å². The summed E-state index contributed by atoms with van der Waals surface area (Å²) in [6, 6.07) is 8.83. The van der Waals surface area contributed by atoms with Gasteiger partial charge in [-0.05, 0) is 57.1 Å². The molecule has 2 aromatic heterocycles. The Morgan fingerprint density at radius 2 is 2.03 bits per heavy atom. The monoisotopic (exact) mass is 432 g/mol. The number of hydrogen-bond acceptors (Lipinski definition) is 4. The number of para-hydroxylation sites is 1. The highest BCUT2D eigenvalue weighted by Gasteiger charge is 2.23. The number of aromatic nitrogens is 3. The van der Waals surface area contributed by atoms with Gasteiger partial charge in [-0.15, -0.1) is 0 Å². The summed E-state index contributed by atoms with van der Waals surface area (Å²) in [5.74, 6) is 1.19. The van der Waals surface area contributed by atoms with Crippen molar-refractivity contribution in [3.63, 3.8) is 0 Å². The summed E-state index contributed by atoms with van der Waals surface area (Å²) < 4.78 is 2.38. The van der Waals surface area contributed by atoms with Gasteiger partial charge in [0.2, 0.25) is 5.95 Å². The number of amides is 2. The van der Waals surface area contributed by atoms with E-state index >= 15 is 0 Å². The topological polar surface area (TPSA) is 75.1 Å². The zero-order valence-corrected chi connectivity index (χ0v) is 19.0. The molecule has 5 rings (SSSR count). The Bertz CT molecular complexity index is 1110. The van der Waals surface area contributed by atoms with Crippen molar-refractivity contribution < 1.29 is 4.79 Å². The molecule has 4 heterocycles. The van der Waals surface area contributed by atoms with Crippen LogP contribution < -0.4 is 10.6 Å². The fourth-order valence-electron chi connectivity index (χ4n) is 4.97. The predicted octanol–water partition coefficient (Wildman–Crippen LogP) is 4.29. The molecule has 2 N–H and O–H groups in total. The molecule has 32 heavy (non-hydrogen) atoms. The number of carbonyl (C=O) groups excluding carboxylic acids is 1. The molecule has 2 amide bonds. The van der Waals surface area contributed by atoms with Gasteiger partial charge in [-0.1, -0.05) is 18.2 Å². The normalized spacial score (nSPS) is 16.5. The largest absolute Gasteiger partial charge is 0.354 e. The van der Waals surface area contributed by atoms with Gasteiger partial charge in [-0.25, -0.2) is 14.8 Å². The van der Waals surface area contributed by atoms with Crippen molar-refractivity contribution in [2.75, 3.05) is 25.0 Å². The van der Waals surface area contributed by atoms with E-state index < -0.39 is 0 Å². The lowest BCUT2D eigenvalue weighted by atomic mass is 9.97. The second kappa shape index (κ2) is 8.81. The highest BCUT2D eigenvalue weighted by Crippen LogP contribution is 2.34. The van der Waals surface area contributed by atoms with Crippen molar-refractivity contribution in [2.45, 2.75) is 52.1 Å². The van der Waals surface area contributed by atoms with E-state index in [1.807, 2.05) is 31.0 Å². The Kier molecular flexibility index (Phi) is 5.72. The van der Waals surface area contributed by atoms with Crippen LogP contribution in [0.5, 0.6) is 0 Å². The smallest absolute Gasteiger partial charge is 0.317 e. The van der Waals surface area contributed by atoms with Crippen molar-refractivity contribution in [1.29, 1.82) is 0 Å². The quantitative estimate of drug-likeness (QED) is 0.631. The molecule has 2 aliphatic heterocycles. The van der Waals surface area contributed by atoms with E-state index in [4.69, 9.17) is 4.98 Å². The minimum Gasteiger partial charge on any atom is -0.354 e. The molecule has 0 unspecified atom stereocenters. The number of nitrogens with zero attached hydrogens (tertiary/aromatic N) is 4. The number of nitrogens with one attached hydrogen (secondary N) is 2. The Balaban J connectivity index is 1.24. The van der Waals surface area contributed by atoms with Crippen LogP contribution in [0.4, 0.5) is 10.7 Å². The second-order valence-corrected chi connectivity index (χ2v) is 9.33. The lowest BCUT2D eigenvalue weighted by Gasteiger charge is -2.32. The summed E-state index contributed by atoms with van der Waals surface area (Å²) in [6.45, 7) is 7.48. The van der Waals surface area contributed by atoms with Crippen LogP contribution in [0.2, 0.25) is 0 Å². The maximum absolute atomic E-state index is 12.2. The molecule has 1 fully saturated rings. The molecule has 7 heteroatoms. The molecule has 1 aromatic carbocycles. The Morgan fingerprint density at radius 1 is 1.19 bits per heavy atom. The van der Waals surface area contributed by atoms with E-state index in [1.165, 1.54) is 28.5 Å². The number of anilines is 1. The first-order valence-electron chi connectivity index (χ1n) is 11.8. The van der Waals surface area contributed by atoms with Gasteiger partial charge in [0.25, 0.3) is 0 Å². The van der Waals surface area contributed by atoms with E-state index in [2.05, 4.69) is 44.6 Å². The Morgan fingerprint density at radius 3 is 2.84 bits per heavy atom. The van der Waals surface area contributed by atoms with E-state index in [0.29, 0.717) is 11.9 Å². The number of likely N-dealkylation sites (tertiary alicyclic amines) is 1. The molecule has 7 nitrogen and oxygen atoms in total. The average molecular weight is 433 g/mol. The van der Waals surface area contributed by atoms with Crippen LogP contribution in [0.25, 0.3) is 22.2 Å². The van der Waals surface area contributed by atoms with Gasteiger partial charge < -0.3 is 20.1 Å². The third-order valence-corrected chi connectivity index (χ3v) is 6.62. The number of rotatable bonds is 5. The molecule has 3 aromatic rings. The number of hydrogen-bond donors (Lipinski definition) is 2. The lowest BCUT2D eigenvalue weighted by Crippen LogP contribution is -2.47. The van der Waals surface area contributed by atoms with Gasteiger partial charge >= 0.3 is 6.03 Å². The van der Waals surface area contributed by atoms with Crippen molar-refractivity contribution in [3.8, 4) is 11.3 Å². The first-order chi connectivity index (χ1) is 15.6. The Hall–Kier alpha value is -3.09. The minimum atomic E-state index is 0.0497. The maximum Gasteiger partial charge on any atom is 0.317 e. The molecule has 0 aliphatic carbocycles. The standard InChI is InChI=1S/C25H32N6O/c1-17(2)28-25(32)30-13-9-18(10-14-30)15-27-24-26-11-8-22(29-24)21-16-31-12-4-6-19-5-3-7-20(21)23(19)31/h3,5,7-8,11,16-18H,4,6,9-10,12-15H2,1-2H3,(H,28,32)(H,26,27,29). The minimum absolute atomic E-state index is 0.0497. The van der Waals surface area contributed by atoms with Crippen LogP contribution in [0, 0.1) is 5.92 Å². The van der Waals surface area contributed by atoms with E-state index in [-0.39, 0.29) is 12.1 Å². The lowest BCUT2D eigenvalue weighted by molar-refractivity contribution is 0.170. The van der Waals surface area contributed by atoms with Crippen molar-refractivity contribution in [1.82, 2.24) is 24.8 Å². The summed E-state index contributed by atoms with van der Waals surface area (Å²) in [6.07, 6.45) is 8.42. The van der Waals surface area contributed by atoms with Crippen LogP contribution in [0.15, 0.2) is 36.7 Å². The first-order valence-corrected chi connectivity index (χ1v) is 11.8. The van der Waals surface area contributed by atoms with E-state index in [1.54, 1.807) is 0 Å². The third-order valence-electron chi connectivity index (χ3n) is 6.62. The van der Waals surface area contributed by atoms with Crippen LogP contribution >= 0.6 is 0 Å². The summed E-state index contributed by atoms with van der Waals surface area (Å²) in [4.78, 5) is 23.4. The van der Waals surface area contributed by atoms with Crippen molar-refractivity contribution in [2.24, 2.45) is 5.92 Å². The SMILES string of the molecule is CC(C)NC(=O)N1CCC(CNc2nccc(-c3cn4c5c(cccc35)CCC4)n2)CC1. The summed E-state index contributed by atoms with van der Waals surface area (Å²) in [7, 11) is 0. The third kappa shape index (κ3) is 4.16. The molecule has 0 radical (unpaired) electrons. The summed E-state index contributed by atoms with van der Waals surface area (Å²) in [5, 5.41) is 7.70. The number of carbonyl (C=O) groups is 1. The molecule has 0 saturated carbocycles. The number of aryl methyl sites for hydroxylation is 2. The van der Waals surface area contributed by atoms with Crippen molar-refractivity contribution in [3.05, 3.63) is 42.2 Å². The summed E-state index contributed by atoms with van der Waals surface area (Å²) in [5.41, 5.74) is 4.93. The van der Waals surface area contributed by atoms with Gasteiger partial charge in [0.1, 0.15) is 0 Å². The average Bonchev–Trinajstić information content (AvgIpc) is 3.19. The van der Waals surface area contributed by atoms with Crippen LogP contribution in [-0.2, 0) is 13.0 Å². The summed E-state index contributed by atoms with van der Waals surface area (Å²) >= 11 is 0. The van der Waals surface area contributed by atoms with Crippen LogP contribution in [0.3, 0.4) is 0 Å². The number of benzene rings is 1. The molecule has 168 valence electrons. The van der Waals surface area contributed by atoms with Crippen LogP contribution in [0.1, 0.15) is 38.7 Å². The van der Waals surface area contributed by atoms with Crippen molar-refractivity contribution >= 4 is 22.9 Å². The van der Waals surface area contributed by atoms with Gasteiger partial charge in [-0.2, -0.15) is 0 Å². The Labute approximate surface area is 189 Å². The molecule has 0 atom stereocenters. The zero-order valence-electron chi connectivity index (χ0n) is 19.0. The van der Waals surface area contributed by atoms with Gasteiger partial charge in [0, 0.05) is 55.6 Å². The molecule has 0 spiro atoms. The number of urea groups is 1. The molecule has 1 saturated heterocycles. The van der Waals surface area contributed by atoms with E-state index in [0.717, 1.165) is 51.1 Å². The molecule has 0 bridgehead atoms. The van der Waals surface area contributed by atoms with E-state index in [9.17, 15) is 4.79 Å². The fraction of sp³-hybridized carbons (Fsp3) is 0.480. The predicted molar refractivity (Wildman–Crippen MR) is 128 cm³/mol. The highest BCUT2D eigenvalue weighted by molar-refractivity contribution is 5.97. The molecular weight excluding hydrogens is 400 g/mol. The zero-order chi connectivity index (χ0) is 22.1. The van der Waals surface area contributed by atoms with Gasteiger partial charge in [-0.3, -0.25) is 0 Å². The second-order valence-electron chi connectivity index (χ2n) is 9.33. The maximum atomic E-state index is 12.2. The fourth-order valence-corrected chi connectivity index (χ4v) is 4.97. The van der Waals surface area contributed by atoms with Gasteiger partial charge in [0.15, 0.2) is 0 Å². The van der Waals surface area contributed by atoms with Gasteiger partial charge in [0.05, 0.1) is 11.2 Å².